The first-order valence-corrected chi connectivity index (χ1v) is 5.66. The molecule has 0 amide bonds. The Morgan fingerprint density at radius 2 is 1.74 bits per heavy atom. The molecule has 0 unspecified atom stereocenters. The van der Waals surface area contributed by atoms with Gasteiger partial charge in [-0.05, 0) is 43.2 Å². The molecular formula is C14H12F3NO. The third-order valence-corrected chi connectivity index (χ3v) is 2.84. The van der Waals surface area contributed by atoms with E-state index in [9.17, 15) is 18.0 Å². The van der Waals surface area contributed by atoms with Gasteiger partial charge in [0.15, 0.2) is 0 Å². The molecule has 2 rings (SSSR count). The maximum atomic E-state index is 12.6. The van der Waals surface area contributed by atoms with E-state index in [1.807, 2.05) is 6.92 Å². The molecule has 0 fully saturated rings. The van der Waals surface area contributed by atoms with Crippen LogP contribution >= 0.6 is 0 Å². The van der Waals surface area contributed by atoms with Gasteiger partial charge in [0.1, 0.15) is 0 Å². The molecule has 0 N–H and O–H groups in total. The zero-order chi connectivity index (χ0) is 14.2. The van der Waals surface area contributed by atoms with Gasteiger partial charge in [0, 0.05) is 12.3 Å². The lowest BCUT2D eigenvalue weighted by molar-refractivity contribution is -0.137. The first-order chi connectivity index (χ1) is 8.79. The summed E-state index contributed by atoms with van der Waals surface area (Å²) >= 11 is 0. The molecule has 0 bridgehead atoms. The van der Waals surface area contributed by atoms with Gasteiger partial charge >= 0.3 is 6.18 Å². The summed E-state index contributed by atoms with van der Waals surface area (Å²) in [5, 5.41) is 0. The standard InChI is InChI=1S/C14H12F3NO/c1-9-3-6-13(19)18(8-9)12-5-4-11(7-10(12)2)14(15,16)17/h3-8H,1-2H3. The Kier molecular flexibility index (Phi) is 3.22. The summed E-state index contributed by atoms with van der Waals surface area (Å²) in [4.78, 5) is 11.7. The molecule has 1 heterocycles. The second kappa shape index (κ2) is 4.57. The van der Waals surface area contributed by atoms with Crippen molar-refractivity contribution in [2.75, 3.05) is 0 Å². The second-order valence-electron chi connectivity index (χ2n) is 4.41. The molecule has 19 heavy (non-hydrogen) atoms. The predicted octanol–water partition coefficient (Wildman–Crippen LogP) is 3.47. The molecule has 0 saturated carbocycles. The Morgan fingerprint density at radius 1 is 1.05 bits per heavy atom. The lowest BCUT2D eigenvalue weighted by atomic mass is 10.1. The molecule has 1 aromatic carbocycles. The highest BCUT2D eigenvalue weighted by molar-refractivity contribution is 5.44. The van der Waals surface area contributed by atoms with Crippen molar-refractivity contribution in [3.8, 4) is 5.69 Å². The molecule has 100 valence electrons. The van der Waals surface area contributed by atoms with Crippen molar-refractivity contribution in [2.45, 2.75) is 20.0 Å². The van der Waals surface area contributed by atoms with E-state index in [1.165, 1.54) is 16.7 Å². The van der Waals surface area contributed by atoms with Crippen LogP contribution in [0.3, 0.4) is 0 Å². The van der Waals surface area contributed by atoms with Crippen LogP contribution in [-0.4, -0.2) is 4.57 Å². The highest BCUT2D eigenvalue weighted by Crippen LogP contribution is 2.30. The molecule has 0 spiro atoms. The van der Waals surface area contributed by atoms with Gasteiger partial charge in [-0.15, -0.1) is 0 Å². The Morgan fingerprint density at radius 3 is 2.32 bits per heavy atom. The van der Waals surface area contributed by atoms with Gasteiger partial charge in [0.25, 0.3) is 5.56 Å². The van der Waals surface area contributed by atoms with Crippen LogP contribution in [0, 0.1) is 13.8 Å². The van der Waals surface area contributed by atoms with E-state index in [0.29, 0.717) is 11.3 Å². The number of hydrogen-bond acceptors (Lipinski definition) is 1. The highest BCUT2D eigenvalue weighted by atomic mass is 19.4. The van der Waals surface area contributed by atoms with Crippen molar-refractivity contribution >= 4 is 0 Å². The number of nitrogens with zero attached hydrogens (tertiary/aromatic N) is 1. The maximum Gasteiger partial charge on any atom is 0.416 e. The highest BCUT2D eigenvalue weighted by Gasteiger charge is 2.30. The monoisotopic (exact) mass is 267 g/mol. The summed E-state index contributed by atoms with van der Waals surface area (Å²) in [7, 11) is 0. The van der Waals surface area contributed by atoms with Crippen molar-refractivity contribution in [3.05, 3.63) is 63.6 Å². The lowest BCUT2D eigenvalue weighted by Gasteiger charge is -2.13. The Bertz CT molecular complexity index is 671. The van der Waals surface area contributed by atoms with E-state index in [-0.39, 0.29) is 5.56 Å². The van der Waals surface area contributed by atoms with Gasteiger partial charge in [-0.2, -0.15) is 13.2 Å². The van der Waals surface area contributed by atoms with Gasteiger partial charge in [-0.3, -0.25) is 9.36 Å². The van der Waals surface area contributed by atoms with Crippen LogP contribution in [-0.2, 0) is 6.18 Å². The molecule has 1 aromatic heterocycles. The molecule has 0 aliphatic rings. The van der Waals surface area contributed by atoms with Gasteiger partial charge in [-0.1, -0.05) is 6.07 Å². The molecule has 0 radical (unpaired) electrons. The predicted molar refractivity (Wildman–Crippen MR) is 66.5 cm³/mol. The first-order valence-electron chi connectivity index (χ1n) is 5.66. The fourth-order valence-electron chi connectivity index (χ4n) is 1.88. The second-order valence-corrected chi connectivity index (χ2v) is 4.41. The van der Waals surface area contributed by atoms with Crippen molar-refractivity contribution in [1.29, 1.82) is 0 Å². The third-order valence-electron chi connectivity index (χ3n) is 2.84. The van der Waals surface area contributed by atoms with Gasteiger partial charge in [0.05, 0.1) is 11.3 Å². The molecule has 0 aliphatic heterocycles. The number of halogens is 3. The van der Waals surface area contributed by atoms with Gasteiger partial charge in [0.2, 0.25) is 0 Å². The number of aromatic nitrogens is 1. The number of hydrogen-bond donors (Lipinski definition) is 0. The molecule has 2 aromatic rings. The number of rotatable bonds is 1. The zero-order valence-corrected chi connectivity index (χ0v) is 10.5. The SMILES string of the molecule is Cc1ccc(=O)n(-c2ccc(C(F)(F)F)cc2C)c1. The molecular weight excluding hydrogens is 255 g/mol. The molecule has 0 aliphatic carbocycles. The minimum absolute atomic E-state index is 0.270. The number of benzene rings is 1. The van der Waals surface area contributed by atoms with Crippen molar-refractivity contribution < 1.29 is 13.2 Å². The number of pyridine rings is 1. The zero-order valence-electron chi connectivity index (χ0n) is 10.5. The van der Waals surface area contributed by atoms with E-state index in [4.69, 9.17) is 0 Å². The van der Waals surface area contributed by atoms with Crippen LogP contribution in [0.5, 0.6) is 0 Å². The third kappa shape index (κ3) is 2.70. The molecule has 0 atom stereocenters. The van der Waals surface area contributed by atoms with Crippen LogP contribution in [0.2, 0.25) is 0 Å². The van der Waals surface area contributed by atoms with Crippen molar-refractivity contribution in [2.24, 2.45) is 0 Å². The minimum Gasteiger partial charge on any atom is -0.284 e. The Labute approximate surface area is 108 Å². The van der Waals surface area contributed by atoms with Crippen LogP contribution in [0.15, 0.2) is 41.3 Å². The van der Waals surface area contributed by atoms with E-state index in [0.717, 1.165) is 17.7 Å². The Hall–Kier alpha value is -2.04. The van der Waals surface area contributed by atoms with Crippen LogP contribution in [0.4, 0.5) is 13.2 Å². The van der Waals surface area contributed by atoms with E-state index >= 15 is 0 Å². The van der Waals surface area contributed by atoms with Crippen molar-refractivity contribution in [3.63, 3.8) is 0 Å². The molecule has 2 nitrogen and oxygen atoms in total. The maximum absolute atomic E-state index is 12.6. The Balaban J connectivity index is 2.59. The summed E-state index contributed by atoms with van der Waals surface area (Å²) in [6, 6.07) is 6.41. The minimum atomic E-state index is -4.37. The number of aryl methyl sites for hydroxylation is 2. The van der Waals surface area contributed by atoms with Crippen LogP contribution < -0.4 is 5.56 Å². The van der Waals surface area contributed by atoms with Crippen LogP contribution in [0.25, 0.3) is 5.69 Å². The average molecular weight is 267 g/mol. The van der Waals surface area contributed by atoms with E-state index in [1.54, 1.807) is 19.2 Å². The topological polar surface area (TPSA) is 22.0 Å². The first kappa shape index (κ1) is 13.4. The lowest BCUT2D eigenvalue weighted by Crippen LogP contribution is -2.18. The summed E-state index contributed by atoms with van der Waals surface area (Å²) in [6.07, 6.45) is -2.77. The van der Waals surface area contributed by atoms with E-state index in [2.05, 4.69) is 0 Å². The van der Waals surface area contributed by atoms with E-state index < -0.39 is 11.7 Å². The summed E-state index contributed by atoms with van der Waals surface area (Å²) < 4.78 is 39.1. The quantitative estimate of drug-likeness (QED) is 0.775. The van der Waals surface area contributed by atoms with Crippen LogP contribution in [0.1, 0.15) is 16.7 Å². The summed E-state index contributed by atoms with van der Waals surface area (Å²) in [5.74, 6) is 0. The normalized spacial score (nSPS) is 11.6. The fraction of sp³-hybridized carbons (Fsp3) is 0.214. The summed E-state index contributed by atoms with van der Waals surface area (Å²) in [5.41, 5.74) is 0.742. The smallest absolute Gasteiger partial charge is 0.284 e. The van der Waals surface area contributed by atoms with Crippen molar-refractivity contribution in [1.82, 2.24) is 4.57 Å². The molecule has 5 heteroatoms. The summed E-state index contributed by atoms with van der Waals surface area (Å²) in [6.45, 7) is 3.37. The number of alkyl halides is 3. The van der Waals surface area contributed by atoms with Gasteiger partial charge < -0.3 is 0 Å². The largest absolute Gasteiger partial charge is 0.416 e. The average Bonchev–Trinajstić information content (AvgIpc) is 2.31. The fourth-order valence-corrected chi connectivity index (χ4v) is 1.88. The van der Waals surface area contributed by atoms with Gasteiger partial charge in [-0.25, -0.2) is 0 Å². The molecule has 0 saturated heterocycles.